The lowest BCUT2D eigenvalue weighted by molar-refractivity contribution is 0.0891. The van der Waals surface area contributed by atoms with E-state index in [0.29, 0.717) is 0 Å². The van der Waals surface area contributed by atoms with Gasteiger partial charge in [0.2, 0.25) is 0 Å². The lowest BCUT2D eigenvalue weighted by atomic mass is 10.1. The summed E-state index contributed by atoms with van der Waals surface area (Å²) in [5.74, 6) is 1.88. The molecule has 2 aliphatic heterocycles. The van der Waals surface area contributed by atoms with Gasteiger partial charge in [-0.15, -0.1) is 5.10 Å². The number of methoxy groups -OCH3 is 1. The molecule has 1 aromatic carbocycles. The zero-order valence-corrected chi connectivity index (χ0v) is 17.5. The number of anilines is 1. The standard InChI is InChI=1S/C21H32N6O2/c1-3-5-20(21-22-23-24-27(21)16-19-6-4-15-29-19)26-13-11-25(12-14-26)17-7-9-18(28-2)10-8-17/h7-10,19-20H,3-6,11-16H2,1-2H3. The Morgan fingerprint density at radius 1 is 1.17 bits per heavy atom. The van der Waals surface area contributed by atoms with E-state index in [2.05, 4.69) is 44.4 Å². The molecule has 0 amide bonds. The van der Waals surface area contributed by atoms with Crippen LogP contribution in [0.3, 0.4) is 0 Å². The lowest BCUT2D eigenvalue weighted by Gasteiger charge is -2.39. The highest BCUT2D eigenvalue weighted by Gasteiger charge is 2.29. The van der Waals surface area contributed by atoms with E-state index in [-0.39, 0.29) is 12.1 Å². The molecule has 8 nitrogen and oxygen atoms in total. The summed E-state index contributed by atoms with van der Waals surface area (Å²) in [5.41, 5.74) is 1.25. The van der Waals surface area contributed by atoms with Gasteiger partial charge in [0.05, 0.1) is 25.8 Å². The van der Waals surface area contributed by atoms with Gasteiger partial charge in [-0.05, 0) is 54.0 Å². The summed E-state index contributed by atoms with van der Waals surface area (Å²) in [7, 11) is 1.70. The molecule has 0 aliphatic carbocycles. The van der Waals surface area contributed by atoms with E-state index in [0.717, 1.165) is 76.6 Å². The molecule has 0 spiro atoms. The van der Waals surface area contributed by atoms with Crippen LogP contribution >= 0.6 is 0 Å². The number of hydrogen-bond acceptors (Lipinski definition) is 7. The Kier molecular flexibility index (Phi) is 6.61. The van der Waals surface area contributed by atoms with Gasteiger partial charge < -0.3 is 14.4 Å². The van der Waals surface area contributed by atoms with E-state index in [9.17, 15) is 0 Å². The van der Waals surface area contributed by atoms with E-state index in [4.69, 9.17) is 9.47 Å². The third-order valence-electron chi connectivity index (χ3n) is 6.01. The molecular weight excluding hydrogens is 368 g/mol. The van der Waals surface area contributed by atoms with Crippen LogP contribution in [0.25, 0.3) is 0 Å². The molecule has 158 valence electrons. The minimum absolute atomic E-state index is 0.242. The maximum absolute atomic E-state index is 5.80. The third-order valence-corrected chi connectivity index (χ3v) is 6.01. The first kappa shape index (κ1) is 20.1. The molecule has 0 radical (unpaired) electrons. The van der Waals surface area contributed by atoms with Crippen LogP contribution in [-0.4, -0.2) is 71.1 Å². The first-order valence-corrected chi connectivity index (χ1v) is 10.8. The average molecular weight is 401 g/mol. The van der Waals surface area contributed by atoms with Gasteiger partial charge >= 0.3 is 0 Å². The molecule has 0 saturated carbocycles. The fraction of sp³-hybridized carbons (Fsp3) is 0.667. The van der Waals surface area contributed by atoms with Crippen molar-refractivity contribution in [3.05, 3.63) is 30.1 Å². The van der Waals surface area contributed by atoms with Crippen molar-refractivity contribution >= 4 is 5.69 Å². The Morgan fingerprint density at radius 3 is 2.62 bits per heavy atom. The predicted molar refractivity (Wildman–Crippen MR) is 111 cm³/mol. The van der Waals surface area contributed by atoms with Crippen molar-refractivity contribution in [2.75, 3.05) is 44.8 Å². The molecule has 2 aromatic rings. The van der Waals surface area contributed by atoms with Gasteiger partial charge in [0.1, 0.15) is 5.75 Å². The zero-order valence-electron chi connectivity index (χ0n) is 17.5. The molecule has 2 aliphatic rings. The summed E-state index contributed by atoms with van der Waals surface area (Å²) in [6, 6.07) is 8.59. The highest BCUT2D eigenvalue weighted by atomic mass is 16.5. The van der Waals surface area contributed by atoms with Crippen molar-refractivity contribution in [1.29, 1.82) is 0 Å². The summed E-state index contributed by atoms with van der Waals surface area (Å²) in [5, 5.41) is 12.7. The van der Waals surface area contributed by atoms with Crippen molar-refractivity contribution < 1.29 is 9.47 Å². The second kappa shape index (κ2) is 9.54. The maximum atomic E-state index is 5.80. The van der Waals surface area contributed by atoms with E-state index in [1.807, 2.05) is 16.8 Å². The van der Waals surface area contributed by atoms with Gasteiger partial charge in [-0.3, -0.25) is 4.90 Å². The average Bonchev–Trinajstić information content (AvgIpc) is 3.45. The van der Waals surface area contributed by atoms with Crippen LogP contribution in [-0.2, 0) is 11.3 Å². The van der Waals surface area contributed by atoms with Gasteiger partial charge in [0.15, 0.2) is 5.82 Å². The topological polar surface area (TPSA) is 68.5 Å². The van der Waals surface area contributed by atoms with Crippen LogP contribution < -0.4 is 9.64 Å². The van der Waals surface area contributed by atoms with E-state index >= 15 is 0 Å². The molecular formula is C21H32N6O2. The minimum Gasteiger partial charge on any atom is -0.497 e. The van der Waals surface area contributed by atoms with Crippen LogP contribution in [0.1, 0.15) is 44.5 Å². The summed E-state index contributed by atoms with van der Waals surface area (Å²) < 4.78 is 13.1. The monoisotopic (exact) mass is 400 g/mol. The van der Waals surface area contributed by atoms with Gasteiger partial charge in [-0.1, -0.05) is 13.3 Å². The first-order chi connectivity index (χ1) is 14.3. The number of piperazine rings is 1. The SMILES string of the molecule is CCCC(c1nnnn1CC1CCCO1)N1CCN(c2ccc(OC)cc2)CC1. The van der Waals surface area contributed by atoms with Crippen LogP contribution in [0.5, 0.6) is 5.75 Å². The molecule has 2 atom stereocenters. The predicted octanol–water partition coefficient (Wildman–Crippen LogP) is 2.52. The molecule has 0 N–H and O–H groups in total. The molecule has 2 unspecified atom stereocenters. The third kappa shape index (κ3) is 4.70. The number of aromatic nitrogens is 4. The number of ether oxygens (including phenoxy) is 2. The Hall–Kier alpha value is -2.19. The van der Waals surface area contributed by atoms with Crippen LogP contribution in [0.15, 0.2) is 24.3 Å². The number of hydrogen-bond donors (Lipinski definition) is 0. The molecule has 0 bridgehead atoms. The minimum atomic E-state index is 0.242. The molecule has 8 heteroatoms. The number of tetrazole rings is 1. The van der Waals surface area contributed by atoms with Gasteiger partial charge in [0.25, 0.3) is 0 Å². The fourth-order valence-electron chi connectivity index (χ4n) is 4.39. The zero-order chi connectivity index (χ0) is 20.1. The summed E-state index contributed by atoms with van der Waals surface area (Å²) in [6.45, 7) is 7.85. The highest BCUT2D eigenvalue weighted by Crippen LogP contribution is 2.28. The fourth-order valence-corrected chi connectivity index (χ4v) is 4.39. The maximum Gasteiger partial charge on any atom is 0.168 e. The van der Waals surface area contributed by atoms with Crippen LogP contribution in [0, 0.1) is 0 Å². The second-order valence-corrected chi connectivity index (χ2v) is 7.88. The highest BCUT2D eigenvalue weighted by molar-refractivity contribution is 5.49. The number of benzene rings is 1. The second-order valence-electron chi connectivity index (χ2n) is 7.88. The van der Waals surface area contributed by atoms with Crippen molar-refractivity contribution in [2.45, 2.75) is 51.3 Å². The van der Waals surface area contributed by atoms with Crippen LogP contribution in [0.4, 0.5) is 5.69 Å². The van der Waals surface area contributed by atoms with E-state index in [1.54, 1.807) is 7.11 Å². The van der Waals surface area contributed by atoms with Crippen molar-refractivity contribution in [2.24, 2.45) is 0 Å². The van der Waals surface area contributed by atoms with Crippen molar-refractivity contribution in [3.8, 4) is 5.75 Å². The van der Waals surface area contributed by atoms with E-state index in [1.165, 1.54) is 5.69 Å². The number of rotatable bonds is 8. The molecule has 2 fully saturated rings. The Balaban J connectivity index is 1.41. The first-order valence-electron chi connectivity index (χ1n) is 10.8. The lowest BCUT2D eigenvalue weighted by Crippen LogP contribution is -2.48. The van der Waals surface area contributed by atoms with E-state index < -0.39 is 0 Å². The number of nitrogens with zero attached hydrogens (tertiary/aromatic N) is 6. The summed E-state index contributed by atoms with van der Waals surface area (Å²) >= 11 is 0. The molecule has 2 saturated heterocycles. The summed E-state index contributed by atoms with van der Waals surface area (Å²) in [4.78, 5) is 4.98. The van der Waals surface area contributed by atoms with Crippen molar-refractivity contribution in [3.63, 3.8) is 0 Å². The smallest absolute Gasteiger partial charge is 0.168 e. The molecule has 29 heavy (non-hydrogen) atoms. The Labute approximate surface area is 172 Å². The molecule has 1 aromatic heterocycles. The quantitative estimate of drug-likeness (QED) is 0.674. The normalized spacial score (nSPS) is 21.4. The molecule has 3 heterocycles. The molecule has 4 rings (SSSR count). The van der Waals surface area contributed by atoms with Crippen LogP contribution in [0.2, 0.25) is 0 Å². The summed E-state index contributed by atoms with van der Waals surface area (Å²) in [6.07, 6.45) is 4.64. The Morgan fingerprint density at radius 2 is 1.97 bits per heavy atom. The van der Waals surface area contributed by atoms with Gasteiger partial charge in [-0.2, -0.15) is 0 Å². The van der Waals surface area contributed by atoms with Gasteiger partial charge in [0, 0.05) is 38.5 Å². The van der Waals surface area contributed by atoms with Crippen molar-refractivity contribution in [1.82, 2.24) is 25.1 Å². The largest absolute Gasteiger partial charge is 0.497 e. The van der Waals surface area contributed by atoms with Gasteiger partial charge in [-0.25, -0.2) is 4.68 Å². The Bertz CT molecular complexity index is 751.